The van der Waals surface area contributed by atoms with Gasteiger partial charge >= 0.3 is 0 Å². The van der Waals surface area contributed by atoms with Crippen LogP contribution in [0.1, 0.15) is 19.4 Å². The molecule has 0 aliphatic carbocycles. The van der Waals surface area contributed by atoms with Gasteiger partial charge in [-0.2, -0.15) is 0 Å². The first-order valence-corrected chi connectivity index (χ1v) is 8.40. The third-order valence-electron chi connectivity index (χ3n) is 4.47. The van der Waals surface area contributed by atoms with Crippen molar-refractivity contribution in [2.75, 3.05) is 35.3 Å². The number of benzene rings is 2. The minimum absolute atomic E-state index is 0.604. The molecule has 0 atom stereocenters. The van der Waals surface area contributed by atoms with Crippen molar-refractivity contribution in [3.05, 3.63) is 48.0 Å². The number of hydrogen-bond donors (Lipinski definition) is 3. The summed E-state index contributed by atoms with van der Waals surface area (Å²) < 4.78 is 0. The molecule has 2 heterocycles. The van der Waals surface area contributed by atoms with E-state index in [4.69, 9.17) is 0 Å². The lowest BCUT2D eigenvalue weighted by atomic mass is 9.99. The van der Waals surface area contributed by atoms with Crippen molar-refractivity contribution in [1.29, 1.82) is 0 Å². The van der Waals surface area contributed by atoms with Gasteiger partial charge in [-0.05, 0) is 54.8 Å². The summed E-state index contributed by atoms with van der Waals surface area (Å²) in [6.07, 6.45) is 4.31. The van der Waals surface area contributed by atoms with Crippen LogP contribution in [0.25, 0.3) is 17.2 Å². The van der Waals surface area contributed by atoms with Crippen molar-refractivity contribution in [1.82, 2.24) is 0 Å². The van der Waals surface area contributed by atoms with Gasteiger partial charge in [0, 0.05) is 18.8 Å². The average molecular weight is 321 g/mol. The zero-order valence-electron chi connectivity index (χ0n) is 14.1. The Kier molecular flexibility index (Phi) is 3.50. The lowest BCUT2D eigenvalue weighted by Gasteiger charge is -2.26. The van der Waals surface area contributed by atoms with Gasteiger partial charge in [0.1, 0.15) is 0 Å². The van der Waals surface area contributed by atoms with Crippen LogP contribution < -0.4 is 15.5 Å². The van der Waals surface area contributed by atoms with Crippen LogP contribution in [0.15, 0.2) is 42.5 Å². The van der Waals surface area contributed by atoms with E-state index in [1.807, 2.05) is 13.8 Å². The van der Waals surface area contributed by atoms with Crippen molar-refractivity contribution in [3.63, 3.8) is 0 Å². The third-order valence-corrected chi connectivity index (χ3v) is 4.47. The van der Waals surface area contributed by atoms with E-state index in [1.54, 1.807) is 0 Å². The largest absolute Gasteiger partial charge is 0.389 e. The first kappa shape index (κ1) is 15.1. The van der Waals surface area contributed by atoms with Crippen LogP contribution in [-0.4, -0.2) is 30.5 Å². The molecule has 4 heteroatoms. The second kappa shape index (κ2) is 5.56. The van der Waals surface area contributed by atoms with Crippen LogP contribution in [0.4, 0.5) is 17.1 Å². The summed E-state index contributed by atoms with van der Waals surface area (Å²) in [5.41, 5.74) is 6.38. The van der Waals surface area contributed by atoms with Crippen molar-refractivity contribution >= 4 is 23.1 Å². The quantitative estimate of drug-likeness (QED) is 0.806. The summed E-state index contributed by atoms with van der Waals surface area (Å²) in [7, 11) is 0. The Morgan fingerprint density at radius 1 is 1.04 bits per heavy atom. The number of fused-ring (bicyclic) bond motifs is 2. The highest BCUT2D eigenvalue weighted by Crippen LogP contribution is 2.37. The number of nitrogens with zero attached hydrogens (tertiary/aromatic N) is 1. The summed E-state index contributed by atoms with van der Waals surface area (Å²) in [6, 6.07) is 13.0. The molecule has 2 aliphatic heterocycles. The SMILES string of the molecule is CC(C)(O)CN1CNc2ccc(-c3ccc4c(c3)C=CCN4)cc21. The van der Waals surface area contributed by atoms with Gasteiger partial charge in [0.05, 0.1) is 23.6 Å². The maximum Gasteiger partial charge on any atom is 0.0878 e. The molecule has 0 amide bonds. The summed E-state index contributed by atoms with van der Waals surface area (Å²) >= 11 is 0. The van der Waals surface area contributed by atoms with Gasteiger partial charge in [0.15, 0.2) is 0 Å². The molecule has 2 aromatic carbocycles. The smallest absolute Gasteiger partial charge is 0.0878 e. The van der Waals surface area contributed by atoms with Crippen molar-refractivity contribution in [2.24, 2.45) is 0 Å². The molecule has 0 bridgehead atoms. The van der Waals surface area contributed by atoms with Gasteiger partial charge in [-0.15, -0.1) is 0 Å². The standard InChI is InChI=1S/C20H23N3O/c1-20(2,24)12-23-13-22-18-8-6-15(11-19(18)23)14-5-7-17-16(10-14)4-3-9-21-17/h3-8,10-11,21-22,24H,9,12-13H2,1-2H3. The molecule has 0 spiro atoms. The van der Waals surface area contributed by atoms with E-state index in [2.05, 4.69) is 64.1 Å². The van der Waals surface area contributed by atoms with Gasteiger partial charge < -0.3 is 20.6 Å². The molecule has 0 radical (unpaired) electrons. The van der Waals surface area contributed by atoms with E-state index in [0.29, 0.717) is 6.54 Å². The lowest BCUT2D eigenvalue weighted by molar-refractivity contribution is 0.0880. The van der Waals surface area contributed by atoms with Crippen molar-refractivity contribution in [3.8, 4) is 11.1 Å². The second-order valence-electron chi connectivity index (χ2n) is 7.16. The maximum atomic E-state index is 10.1. The minimum Gasteiger partial charge on any atom is -0.389 e. The number of hydrogen-bond acceptors (Lipinski definition) is 4. The molecule has 0 fully saturated rings. The van der Waals surface area contributed by atoms with E-state index in [9.17, 15) is 5.11 Å². The van der Waals surface area contributed by atoms with Gasteiger partial charge in [0.25, 0.3) is 0 Å². The van der Waals surface area contributed by atoms with E-state index >= 15 is 0 Å². The van der Waals surface area contributed by atoms with E-state index in [1.165, 1.54) is 22.4 Å². The Balaban J connectivity index is 1.69. The van der Waals surface area contributed by atoms with E-state index < -0.39 is 5.60 Å². The summed E-state index contributed by atoms with van der Waals surface area (Å²) in [6.45, 7) is 5.92. The number of rotatable bonds is 3. The molecular weight excluding hydrogens is 298 g/mol. The molecular formula is C20H23N3O. The van der Waals surface area contributed by atoms with Gasteiger partial charge in [-0.25, -0.2) is 0 Å². The van der Waals surface area contributed by atoms with Crippen LogP contribution >= 0.6 is 0 Å². The fourth-order valence-electron chi connectivity index (χ4n) is 3.39. The molecule has 0 saturated carbocycles. The molecule has 124 valence electrons. The number of nitrogens with one attached hydrogen (secondary N) is 2. The highest BCUT2D eigenvalue weighted by molar-refractivity contribution is 5.83. The molecule has 24 heavy (non-hydrogen) atoms. The Morgan fingerprint density at radius 3 is 2.58 bits per heavy atom. The second-order valence-corrected chi connectivity index (χ2v) is 7.16. The maximum absolute atomic E-state index is 10.1. The van der Waals surface area contributed by atoms with Crippen LogP contribution in [0.5, 0.6) is 0 Å². The summed E-state index contributed by atoms with van der Waals surface area (Å²) in [4.78, 5) is 2.19. The first-order valence-electron chi connectivity index (χ1n) is 8.40. The van der Waals surface area contributed by atoms with Gasteiger partial charge in [0.2, 0.25) is 0 Å². The number of aliphatic hydroxyl groups is 1. The molecule has 2 aromatic rings. The fraction of sp³-hybridized carbons (Fsp3) is 0.300. The summed E-state index contributed by atoms with van der Waals surface area (Å²) in [5, 5.41) is 16.9. The highest BCUT2D eigenvalue weighted by Gasteiger charge is 2.24. The number of β-amino-alcohol motifs (C(OH)–C–C–N with tert-alkyl or cyclic N) is 1. The summed E-state index contributed by atoms with van der Waals surface area (Å²) in [5.74, 6) is 0. The predicted octanol–water partition coefficient (Wildman–Crippen LogP) is 3.75. The van der Waals surface area contributed by atoms with Crippen LogP contribution in [-0.2, 0) is 0 Å². The Morgan fingerprint density at radius 2 is 1.79 bits per heavy atom. The van der Waals surface area contributed by atoms with Gasteiger partial charge in [-0.3, -0.25) is 0 Å². The third kappa shape index (κ3) is 2.85. The zero-order chi connectivity index (χ0) is 16.7. The number of anilines is 3. The molecule has 0 unspecified atom stereocenters. The Bertz CT molecular complexity index is 805. The normalized spacial score (nSPS) is 15.5. The van der Waals surface area contributed by atoms with Gasteiger partial charge in [-0.1, -0.05) is 24.3 Å². The van der Waals surface area contributed by atoms with Crippen LogP contribution in [0, 0.1) is 0 Å². The molecule has 2 aliphatic rings. The lowest BCUT2D eigenvalue weighted by Crippen LogP contribution is -2.38. The molecule has 4 rings (SSSR count). The zero-order valence-corrected chi connectivity index (χ0v) is 14.1. The van der Waals surface area contributed by atoms with E-state index in [0.717, 1.165) is 24.6 Å². The average Bonchev–Trinajstić information content (AvgIpc) is 2.95. The minimum atomic E-state index is -0.721. The topological polar surface area (TPSA) is 47.5 Å². The van der Waals surface area contributed by atoms with Crippen LogP contribution in [0.3, 0.4) is 0 Å². The monoisotopic (exact) mass is 321 g/mol. The highest BCUT2D eigenvalue weighted by atomic mass is 16.3. The fourth-order valence-corrected chi connectivity index (χ4v) is 3.39. The first-order chi connectivity index (χ1) is 11.5. The molecule has 4 nitrogen and oxygen atoms in total. The molecule has 0 aromatic heterocycles. The Labute approximate surface area is 142 Å². The Hall–Kier alpha value is -2.46. The molecule has 3 N–H and O–H groups in total. The predicted molar refractivity (Wildman–Crippen MR) is 102 cm³/mol. The van der Waals surface area contributed by atoms with Crippen LogP contribution in [0.2, 0.25) is 0 Å². The molecule has 0 saturated heterocycles. The van der Waals surface area contributed by atoms with E-state index in [-0.39, 0.29) is 0 Å². The van der Waals surface area contributed by atoms with Crippen molar-refractivity contribution in [2.45, 2.75) is 19.4 Å². The van der Waals surface area contributed by atoms with Crippen molar-refractivity contribution < 1.29 is 5.11 Å².